The largest absolute Gasteiger partial charge is 0.376 e. The highest BCUT2D eigenvalue weighted by Gasteiger charge is 2.20. The van der Waals surface area contributed by atoms with E-state index in [9.17, 15) is 4.79 Å². The average Bonchev–Trinajstić information content (AvgIpc) is 3.38. The molecular weight excluding hydrogens is 368 g/mol. The van der Waals surface area contributed by atoms with E-state index in [2.05, 4.69) is 46.8 Å². The van der Waals surface area contributed by atoms with Crippen molar-refractivity contribution in [3.8, 4) is 10.6 Å². The SMILES string of the molecule is Cc1ccc(-c2nc(CSc3n[nH]c(=O)n3C[C@H]3CCCO3)cs2)cc1. The second-order valence-electron chi connectivity index (χ2n) is 6.36. The van der Waals surface area contributed by atoms with Gasteiger partial charge in [-0.3, -0.25) is 4.57 Å². The number of hydrogen-bond donors (Lipinski definition) is 1. The van der Waals surface area contributed by atoms with Crippen LogP contribution in [0, 0.1) is 6.92 Å². The second-order valence-corrected chi connectivity index (χ2v) is 8.16. The zero-order valence-electron chi connectivity index (χ0n) is 14.5. The molecule has 2 aromatic heterocycles. The number of thiazole rings is 1. The Morgan fingerprint density at radius 2 is 2.23 bits per heavy atom. The molecule has 0 spiro atoms. The molecule has 26 heavy (non-hydrogen) atoms. The first-order valence-corrected chi connectivity index (χ1v) is 10.5. The van der Waals surface area contributed by atoms with Crippen LogP contribution in [-0.2, 0) is 17.0 Å². The molecule has 1 atom stereocenters. The van der Waals surface area contributed by atoms with Crippen LogP contribution in [0.3, 0.4) is 0 Å². The number of nitrogens with one attached hydrogen (secondary N) is 1. The maximum Gasteiger partial charge on any atom is 0.344 e. The molecular formula is C18H20N4O2S2. The number of aryl methyl sites for hydroxylation is 1. The first kappa shape index (κ1) is 17.5. The summed E-state index contributed by atoms with van der Waals surface area (Å²) in [6.07, 6.45) is 2.16. The molecule has 3 aromatic rings. The van der Waals surface area contributed by atoms with Gasteiger partial charge in [-0.25, -0.2) is 14.9 Å². The number of aromatic amines is 1. The minimum atomic E-state index is -0.179. The highest BCUT2D eigenvalue weighted by Crippen LogP contribution is 2.27. The molecule has 4 rings (SSSR count). The Morgan fingerprint density at radius 3 is 3.00 bits per heavy atom. The number of H-pyrrole nitrogens is 1. The second kappa shape index (κ2) is 7.77. The maximum atomic E-state index is 12.0. The molecule has 0 amide bonds. The quantitative estimate of drug-likeness (QED) is 0.655. The first-order chi connectivity index (χ1) is 12.7. The molecule has 1 aliphatic heterocycles. The third-order valence-electron chi connectivity index (χ3n) is 4.33. The van der Waals surface area contributed by atoms with Crippen LogP contribution in [-0.4, -0.2) is 32.5 Å². The van der Waals surface area contributed by atoms with Gasteiger partial charge in [-0.15, -0.1) is 16.4 Å². The summed E-state index contributed by atoms with van der Waals surface area (Å²) in [5, 5.41) is 10.5. The Morgan fingerprint density at radius 1 is 1.38 bits per heavy atom. The lowest BCUT2D eigenvalue weighted by Crippen LogP contribution is -2.24. The summed E-state index contributed by atoms with van der Waals surface area (Å²) < 4.78 is 7.31. The molecule has 3 heterocycles. The van der Waals surface area contributed by atoms with Crippen LogP contribution >= 0.6 is 23.1 Å². The molecule has 8 heteroatoms. The van der Waals surface area contributed by atoms with Crippen LogP contribution < -0.4 is 5.69 Å². The Kier molecular flexibility index (Phi) is 5.23. The predicted molar refractivity (Wildman–Crippen MR) is 104 cm³/mol. The lowest BCUT2D eigenvalue weighted by molar-refractivity contribution is 0.0941. The van der Waals surface area contributed by atoms with Crippen LogP contribution in [0.15, 0.2) is 39.6 Å². The summed E-state index contributed by atoms with van der Waals surface area (Å²) in [4.78, 5) is 16.7. The van der Waals surface area contributed by atoms with Gasteiger partial charge in [-0.05, 0) is 19.8 Å². The predicted octanol–water partition coefficient (Wildman–Crippen LogP) is 3.47. The normalized spacial score (nSPS) is 17.0. The summed E-state index contributed by atoms with van der Waals surface area (Å²) in [7, 11) is 0. The molecule has 1 saturated heterocycles. The van der Waals surface area contributed by atoms with E-state index in [4.69, 9.17) is 9.72 Å². The number of benzene rings is 1. The third-order valence-corrected chi connectivity index (χ3v) is 6.28. The zero-order chi connectivity index (χ0) is 17.9. The van der Waals surface area contributed by atoms with Gasteiger partial charge in [0.2, 0.25) is 0 Å². The number of hydrogen-bond acceptors (Lipinski definition) is 6. The first-order valence-electron chi connectivity index (χ1n) is 8.60. The number of rotatable bonds is 6. The van der Waals surface area contributed by atoms with Crippen molar-refractivity contribution in [3.05, 3.63) is 51.4 Å². The van der Waals surface area contributed by atoms with Crippen molar-refractivity contribution >= 4 is 23.1 Å². The molecule has 0 saturated carbocycles. The molecule has 1 aromatic carbocycles. The van der Waals surface area contributed by atoms with Crippen molar-refractivity contribution in [3.63, 3.8) is 0 Å². The molecule has 1 aliphatic rings. The highest BCUT2D eigenvalue weighted by molar-refractivity contribution is 7.98. The highest BCUT2D eigenvalue weighted by atomic mass is 32.2. The van der Waals surface area contributed by atoms with Crippen molar-refractivity contribution in [1.82, 2.24) is 19.7 Å². The number of ether oxygens (including phenoxy) is 1. The van der Waals surface area contributed by atoms with E-state index in [1.807, 2.05) is 0 Å². The topological polar surface area (TPSA) is 72.8 Å². The van der Waals surface area contributed by atoms with Gasteiger partial charge in [0, 0.05) is 23.3 Å². The van der Waals surface area contributed by atoms with Gasteiger partial charge in [0.1, 0.15) is 5.01 Å². The van der Waals surface area contributed by atoms with Gasteiger partial charge in [0.05, 0.1) is 18.3 Å². The van der Waals surface area contributed by atoms with Gasteiger partial charge in [-0.1, -0.05) is 41.6 Å². The lowest BCUT2D eigenvalue weighted by atomic mass is 10.2. The minimum absolute atomic E-state index is 0.108. The van der Waals surface area contributed by atoms with Gasteiger partial charge in [0.15, 0.2) is 5.16 Å². The fourth-order valence-corrected chi connectivity index (χ4v) is 4.69. The standard InChI is InChI=1S/C18H20N4O2S2/c1-12-4-6-13(7-5-12)16-19-14(10-25-16)11-26-18-21-20-17(23)22(18)9-15-3-2-8-24-15/h4-7,10,15H,2-3,8-9,11H2,1H3,(H,20,23)/t15-/m1/s1. The Labute approximate surface area is 159 Å². The zero-order valence-corrected chi connectivity index (χ0v) is 16.1. The molecule has 0 bridgehead atoms. The van der Waals surface area contributed by atoms with E-state index < -0.39 is 0 Å². The van der Waals surface area contributed by atoms with Crippen molar-refractivity contribution < 1.29 is 4.74 Å². The smallest absolute Gasteiger partial charge is 0.344 e. The van der Waals surface area contributed by atoms with Gasteiger partial charge >= 0.3 is 5.69 Å². The molecule has 0 radical (unpaired) electrons. The van der Waals surface area contributed by atoms with Crippen molar-refractivity contribution in [1.29, 1.82) is 0 Å². The number of thioether (sulfide) groups is 1. The van der Waals surface area contributed by atoms with Crippen LogP contribution in [0.2, 0.25) is 0 Å². The van der Waals surface area contributed by atoms with Crippen molar-refractivity contribution in [2.24, 2.45) is 0 Å². The molecule has 0 aliphatic carbocycles. The summed E-state index contributed by atoms with van der Waals surface area (Å²) in [5.41, 5.74) is 3.19. The van der Waals surface area contributed by atoms with Crippen LogP contribution in [0.4, 0.5) is 0 Å². The number of nitrogens with zero attached hydrogens (tertiary/aromatic N) is 3. The molecule has 0 unspecified atom stereocenters. The minimum Gasteiger partial charge on any atom is -0.376 e. The molecule has 136 valence electrons. The fourth-order valence-electron chi connectivity index (χ4n) is 2.91. The van der Waals surface area contributed by atoms with Gasteiger partial charge in [0.25, 0.3) is 0 Å². The summed E-state index contributed by atoms with van der Waals surface area (Å²) >= 11 is 3.16. The summed E-state index contributed by atoms with van der Waals surface area (Å²) in [6, 6.07) is 8.38. The van der Waals surface area contributed by atoms with Gasteiger partial charge in [-0.2, -0.15) is 0 Å². The fraction of sp³-hybridized carbons (Fsp3) is 0.389. The Bertz CT molecular complexity index is 923. The molecule has 1 N–H and O–H groups in total. The van der Waals surface area contributed by atoms with E-state index in [1.54, 1.807) is 15.9 Å². The van der Waals surface area contributed by atoms with E-state index >= 15 is 0 Å². The van der Waals surface area contributed by atoms with E-state index in [1.165, 1.54) is 17.3 Å². The van der Waals surface area contributed by atoms with Crippen molar-refractivity contribution in [2.75, 3.05) is 6.61 Å². The van der Waals surface area contributed by atoms with E-state index in [0.717, 1.165) is 35.7 Å². The monoisotopic (exact) mass is 388 g/mol. The van der Waals surface area contributed by atoms with Crippen LogP contribution in [0.1, 0.15) is 24.1 Å². The van der Waals surface area contributed by atoms with Crippen LogP contribution in [0.5, 0.6) is 0 Å². The lowest BCUT2D eigenvalue weighted by Gasteiger charge is -2.10. The Balaban J connectivity index is 1.43. The van der Waals surface area contributed by atoms with E-state index in [0.29, 0.717) is 17.5 Å². The Hall–Kier alpha value is -1.90. The number of aromatic nitrogens is 4. The summed E-state index contributed by atoms with van der Waals surface area (Å²) in [5.74, 6) is 0.679. The average molecular weight is 389 g/mol. The molecule has 6 nitrogen and oxygen atoms in total. The van der Waals surface area contributed by atoms with Crippen molar-refractivity contribution in [2.45, 2.75) is 43.3 Å². The molecule has 1 fully saturated rings. The van der Waals surface area contributed by atoms with E-state index in [-0.39, 0.29) is 11.8 Å². The van der Waals surface area contributed by atoms with Crippen LogP contribution in [0.25, 0.3) is 10.6 Å². The maximum absolute atomic E-state index is 12.0. The summed E-state index contributed by atoms with van der Waals surface area (Å²) in [6.45, 7) is 3.41. The van der Waals surface area contributed by atoms with Gasteiger partial charge < -0.3 is 4.74 Å². The third kappa shape index (κ3) is 3.92.